The lowest BCUT2D eigenvalue weighted by atomic mass is 10.00. The maximum atomic E-state index is 13.0. The van der Waals surface area contributed by atoms with E-state index < -0.39 is 11.9 Å². The van der Waals surface area contributed by atoms with Crippen molar-refractivity contribution in [1.82, 2.24) is 19.8 Å². The largest absolute Gasteiger partial charge is 0.494 e. The summed E-state index contributed by atoms with van der Waals surface area (Å²) in [6.07, 6.45) is 2.27. The molecule has 0 bridgehead atoms. The maximum absolute atomic E-state index is 13.0. The van der Waals surface area contributed by atoms with E-state index in [0.717, 1.165) is 28.1 Å². The van der Waals surface area contributed by atoms with Gasteiger partial charge in [-0.1, -0.05) is 23.7 Å². The highest BCUT2D eigenvalue weighted by atomic mass is 35.5. The lowest BCUT2D eigenvalue weighted by molar-refractivity contribution is -0.136. The van der Waals surface area contributed by atoms with Gasteiger partial charge in [0.25, 0.3) is 5.91 Å². The van der Waals surface area contributed by atoms with Crippen LogP contribution in [0.1, 0.15) is 28.8 Å². The summed E-state index contributed by atoms with van der Waals surface area (Å²) in [5.74, 6) is -0.372. The van der Waals surface area contributed by atoms with Crippen LogP contribution in [0.15, 0.2) is 42.7 Å². The van der Waals surface area contributed by atoms with Gasteiger partial charge >= 0.3 is 0 Å². The number of benzene rings is 2. The minimum Gasteiger partial charge on any atom is -0.494 e. The number of rotatable bonds is 4. The number of aromatic nitrogens is 2. The molecule has 0 spiro atoms. The topological polar surface area (TPSA) is 93.5 Å². The summed E-state index contributed by atoms with van der Waals surface area (Å²) in [5, 5.41) is 2.83. The molecule has 2 aliphatic rings. The van der Waals surface area contributed by atoms with Gasteiger partial charge in [0.15, 0.2) is 0 Å². The molecule has 1 fully saturated rings. The summed E-state index contributed by atoms with van der Waals surface area (Å²) in [7, 11) is 3.47. The summed E-state index contributed by atoms with van der Waals surface area (Å²) in [6.45, 7) is 0.303. The van der Waals surface area contributed by atoms with Crippen molar-refractivity contribution in [3.63, 3.8) is 0 Å². The average molecular weight is 465 g/mol. The normalized spacial score (nSPS) is 17.8. The lowest BCUT2D eigenvalue weighted by Crippen LogP contribution is -2.52. The number of hydrogen-bond donors (Lipinski definition) is 1. The molecule has 1 atom stereocenters. The van der Waals surface area contributed by atoms with E-state index >= 15 is 0 Å². The molecule has 168 valence electrons. The van der Waals surface area contributed by atoms with Crippen molar-refractivity contribution >= 4 is 29.3 Å². The molecular weight excluding hydrogens is 444 g/mol. The van der Waals surface area contributed by atoms with Crippen molar-refractivity contribution < 1.29 is 19.1 Å². The molecule has 3 heterocycles. The Balaban J connectivity index is 1.52. The smallest absolute Gasteiger partial charge is 0.255 e. The van der Waals surface area contributed by atoms with E-state index in [1.54, 1.807) is 25.6 Å². The number of amides is 3. The molecule has 9 heteroatoms. The third-order valence-corrected chi connectivity index (χ3v) is 6.46. The second-order valence-electron chi connectivity index (χ2n) is 8.15. The number of imide groups is 1. The average Bonchev–Trinajstić information content (AvgIpc) is 3.33. The number of nitrogens with one attached hydrogen (secondary N) is 1. The van der Waals surface area contributed by atoms with Gasteiger partial charge in [-0.15, -0.1) is 0 Å². The van der Waals surface area contributed by atoms with E-state index in [1.165, 1.54) is 4.90 Å². The van der Waals surface area contributed by atoms with Gasteiger partial charge in [-0.3, -0.25) is 19.7 Å². The van der Waals surface area contributed by atoms with E-state index in [-0.39, 0.29) is 18.2 Å². The van der Waals surface area contributed by atoms with Crippen LogP contribution in [0.25, 0.3) is 22.5 Å². The van der Waals surface area contributed by atoms with Crippen LogP contribution in [-0.4, -0.2) is 45.3 Å². The minimum atomic E-state index is -0.646. The van der Waals surface area contributed by atoms with Gasteiger partial charge in [0.1, 0.15) is 11.8 Å². The summed E-state index contributed by atoms with van der Waals surface area (Å²) >= 11 is 6.35. The van der Waals surface area contributed by atoms with Crippen LogP contribution < -0.4 is 10.1 Å². The van der Waals surface area contributed by atoms with Gasteiger partial charge in [-0.05, 0) is 36.2 Å². The van der Waals surface area contributed by atoms with Crippen LogP contribution in [0.2, 0.25) is 5.02 Å². The standard InChI is InChI=1S/C24H21ClN4O4/c1-28-12-26-20(21(28)16-4-3-5-17(25)22(16)33-2)13-6-7-15-14(10-13)11-29(24(15)32)18-8-9-19(30)27-23(18)31/h3-7,10,12,18H,8-9,11H2,1-2H3,(H,27,30,31). The van der Waals surface area contributed by atoms with Gasteiger partial charge in [-0.25, -0.2) is 4.98 Å². The minimum absolute atomic E-state index is 0.205. The highest BCUT2D eigenvalue weighted by molar-refractivity contribution is 6.32. The van der Waals surface area contributed by atoms with Gasteiger partial charge in [-0.2, -0.15) is 0 Å². The number of methoxy groups -OCH3 is 1. The highest BCUT2D eigenvalue weighted by Gasteiger charge is 2.39. The molecule has 8 nitrogen and oxygen atoms in total. The predicted molar refractivity (Wildman–Crippen MR) is 122 cm³/mol. The first-order valence-electron chi connectivity index (χ1n) is 10.5. The Hall–Kier alpha value is -3.65. The predicted octanol–water partition coefficient (Wildman–Crippen LogP) is 3.18. The number of aryl methyl sites for hydroxylation is 1. The van der Waals surface area contributed by atoms with Crippen LogP contribution in [0.3, 0.4) is 0 Å². The fourth-order valence-electron chi connectivity index (χ4n) is 4.58. The van der Waals surface area contributed by atoms with Gasteiger partial charge < -0.3 is 14.2 Å². The fourth-order valence-corrected chi connectivity index (χ4v) is 4.84. The van der Waals surface area contributed by atoms with Crippen molar-refractivity contribution in [1.29, 1.82) is 0 Å². The number of piperidine rings is 1. The lowest BCUT2D eigenvalue weighted by Gasteiger charge is -2.29. The quantitative estimate of drug-likeness (QED) is 0.598. The molecule has 1 N–H and O–H groups in total. The summed E-state index contributed by atoms with van der Waals surface area (Å²) in [4.78, 5) is 42.9. The second-order valence-corrected chi connectivity index (χ2v) is 8.55. The first-order valence-corrected chi connectivity index (χ1v) is 10.9. The molecule has 1 saturated heterocycles. The number of ether oxygens (including phenoxy) is 1. The molecule has 3 amide bonds. The van der Waals surface area contributed by atoms with Crippen molar-refractivity contribution in [2.24, 2.45) is 7.05 Å². The Bertz CT molecular complexity index is 1320. The number of imidazole rings is 1. The zero-order valence-electron chi connectivity index (χ0n) is 18.1. The summed E-state index contributed by atoms with van der Waals surface area (Å²) in [5.41, 5.74) is 4.58. The van der Waals surface area contributed by atoms with Crippen molar-refractivity contribution in [2.45, 2.75) is 25.4 Å². The molecule has 2 aromatic carbocycles. The number of para-hydroxylation sites is 1. The molecule has 1 unspecified atom stereocenters. The Morgan fingerprint density at radius 2 is 1.97 bits per heavy atom. The maximum Gasteiger partial charge on any atom is 0.255 e. The molecule has 3 aromatic rings. The van der Waals surface area contributed by atoms with Gasteiger partial charge in [0.05, 0.1) is 29.8 Å². The Kier molecular flexibility index (Phi) is 5.17. The van der Waals surface area contributed by atoms with Crippen LogP contribution in [0.4, 0.5) is 0 Å². The first-order chi connectivity index (χ1) is 15.9. The number of carbonyl (C=O) groups is 3. The number of carbonyl (C=O) groups excluding carboxylic acids is 3. The molecule has 0 radical (unpaired) electrons. The monoisotopic (exact) mass is 464 g/mol. The van der Waals surface area contributed by atoms with E-state index in [0.29, 0.717) is 29.3 Å². The van der Waals surface area contributed by atoms with Crippen molar-refractivity contribution in [2.75, 3.05) is 7.11 Å². The molecule has 0 aliphatic carbocycles. The SMILES string of the molecule is COc1c(Cl)cccc1-c1c(-c2ccc3c(c2)CN(C2CCC(=O)NC2=O)C3=O)ncn1C. The zero-order valence-corrected chi connectivity index (χ0v) is 18.8. The zero-order chi connectivity index (χ0) is 23.3. The van der Waals surface area contributed by atoms with E-state index in [9.17, 15) is 14.4 Å². The number of nitrogens with zero attached hydrogens (tertiary/aromatic N) is 3. The molecule has 1 aromatic heterocycles. The van der Waals surface area contributed by atoms with E-state index in [1.807, 2.05) is 35.9 Å². The van der Waals surface area contributed by atoms with E-state index in [2.05, 4.69) is 10.3 Å². The van der Waals surface area contributed by atoms with Crippen LogP contribution in [0.5, 0.6) is 5.75 Å². The van der Waals surface area contributed by atoms with Crippen LogP contribution >= 0.6 is 11.6 Å². The Morgan fingerprint density at radius 3 is 2.73 bits per heavy atom. The van der Waals surface area contributed by atoms with E-state index in [4.69, 9.17) is 16.3 Å². The van der Waals surface area contributed by atoms with Crippen LogP contribution in [0, 0.1) is 0 Å². The summed E-state index contributed by atoms with van der Waals surface area (Å²) < 4.78 is 7.45. The van der Waals surface area contributed by atoms with Crippen LogP contribution in [-0.2, 0) is 23.2 Å². The van der Waals surface area contributed by atoms with Gasteiger partial charge in [0.2, 0.25) is 11.8 Å². The Morgan fingerprint density at radius 1 is 1.15 bits per heavy atom. The Labute approximate surface area is 195 Å². The van der Waals surface area contributed by atoms with Crippen molar-refractivity contribution in [3.05, 3.63) is 58.9 Å². The first kappa shape index (κ1) is 21.2. The third-order valence-electron chi connectivity index (χ3n) is 6.16. The highest BCUT2D eigenvalue weighted by Crippen LogP contribution is 2.41. The molecule has 5 rings (SSSR count). The molecule has 33 heavy (non-hydrogen) atoms. The summed E-state index contributed by atoms with van der Waals surface area (Å²) in [6, 6.07) is 10.5. The fraction of sp³-hybridized carbons (Fsp3) is 0.250. The second kappa shape index (κ2) is 8.04. The van der Waals surface area contributed by atoms with Gasteiger partial charge in [0, 0.05) is 36.7 Å². The number of halogens is 1. The molecule has 2 aliphatic heterocycles. The molecule has 0 saturated carbocycles. The number of fused-ring (bicyclic) bond motifs is 1. The number of hydrogen-bond acceptors (Lipinski definition) is 5. The third kappa shape index (κ3) is 3.47. The van der Waals surface area contributed by atoms with Crippen molar-refractivity contribution in [3.8, 4) is 28.3 Å². The molecular formula is C24H21ClN4O4.